The Morgan fingerprint density at radius 1 is 1.23 bits per heavy atom. The molecule has 1 aliphatic heterocycles. The molecule has 1 aromatic heterocycles. The lowest BCUT2D eigenvalue weighted by Crippen LogP contribution is -2.36. The van der Waals surface area contributed by atoms with E-state index in [1.54, 1.807) is 18.2 Å². The molecule has 0 unspecified atom stereocenters. The lowest BCUT2D eigenvalue weighted by atomic mass is 10.2. The highest BCUT2D eigenvalue weighted by Crippen LogP contribution is 2.27. The maximum absolute atomic E-state index is 12.0. The summed E-state index contributed by atoms with van der Waals surface area (Å²) in [6, 6.07) is 8.77. The first-order valence-corrected chi connectivity index (χ1v) is 7.72. The van der Waals surface area contributed by atoms with Gasteiger partial charge in [0, 0.05) is 18.8 Å². The van der Waals surface area contributed by atoms with E-state index >= 15 is 0 Å². The minimum Gasteiger partial charge on any atom is -0.444 e. The number of furan rings is 1. The molecule has 0 radical (unpaired) electrons. The van der Waals surface area contributed by atoms with Gasteiger partial charge in [0.1, 0.15) is 0 Å². The van der Waals surface area contributed by atoms with Gasteiger partial charge in [-0.2, -0.15) is 0 Å². The van der Waals surface area contributed by atoms with Crippen LogP contribution >= 0.6 is 15.9 Å². The third kappa shape index (κ3) is 3.26. The summed E-state index contributed by atoms with van der Waals surface area (Å²) < 4.78 is 11.1. The summed E-state index contributed by atoms with van der Waals surface area (Å²) in [5, 5.41) is 2.77. The molecule has 116 valence electrons. The van der Waals surface area contributed by atoms with Gasteiger partial charge in [-0.3, -0.25) is 4.79 Å². The summed E-state index contributed by atoms with van der Waals surface area (Å²) in [4.78, 5) is 14.2. The van der Waals surface area contributed by atoms with Crippen molar-refractivity contribution >= 4 is 38.9 Å². The topological polar surface area (TPSA) is 80.7 Å². The van der Waals surface area contributed by atoms with Gasteiger partial charge < -0.3 is 25.1 Å². The SMILES string of the molecule is Nc1cc(NC(=O)c2ccc(Br)o2)ccc1N1CCOCC1. The smallest absolute Gasteiger partial charge is 0.291 e. The van der Waals surface area contributed by atoms with Crippen LogP contribution < -0.4 is 16.0 Å². The van der Waals surface area contributed by atoms with Crippen LogP contribution in [0.15, 0.2) is 39.4 Å². The van der Waals surface area contributed by atoms with E-state index in [1.807, 2.05) is 12.1 Å². The lowest BCUT2D eigenvalue weighted by Gasteiger charge is -2.30. The molecule has 1 amide bonds. The molecule has 0 spiro atoms. The van der Waals surface area contributed by atoms with Crippen LogP contribution in [0, 0.1) is 0 Å². The van der Waals surface area contributed by atoms with Crippen LogP contribution in [0.25, 0.3) is 0 Å². The van der Waals surface area contributed by atoms with Crippen LogP contribution in [0.4, 0.5) is 17.1 Å². The summed E-state index contributed by atoms with van der Waals surface area (Å²) in [5.41, 5.74) is 8.32. The summed E-state index contributed by atoms with van der Waals surface area (Å²) in [6.45, 7) is 3.03. The number of halogens is 1. The zero-order chi connectivity index (χ0) is 15.5. The molecule has 0 saturated carbocycles. The number of nitrogen functional groups attached to an aromatic ring is 1. The Hall–Kier alpha value is -1.99. The third-order valence-electron chi connectivity index (χ3n) is 3.43. The van der Waals surface area contributed by atoms with Crippen LogP contribution in [0.3, 0.4) is 0 Å². The van der Waals surface area contributed by atoms with Gasteiger partial charge in [0.15, 0.2) is 10.4 Å². The van der Waals surface area contributed by atoms with Gasteiger partial charge in [-0.05, 0) is 46.3 Å². The summed E-state index contributed by atoms with van der Waals surface area (Å²) in [5.74, 6) is -0.0769. The minimum atomic E-state index is -0.316. The van der Waals surface area contributed by atoms with Gasteiger partial charge in [-0.15, -0.1) is 0 Å². The normalized spacial score (nSPS) is 14.9. The molecule has 22 heavy (non-hydrogen) atoms. The molecule has 0 atom stereocenters. The number of rotatable bonds is 3. The number of nitrogens with one attached hydrogen (secondary N) is 1. The van der Waals surface area contributed by atoms with Crippen LogP contribution in [0.1, 0.15) is 10.6 Å². The number of benzene rings is 1. The van der Waals surface area contributed by atoms with Crippen molar-refractivity contribution in [2.45, 2.75) is 0 Å². The van der Waals surface area contributed by atoms with Gasteiger partial charge in [-0.1, -0.05) is 0 Å². The fourth-order valence-corrected chi connectivity index (χ4v) is 2.66. The van der Waals surface area contributed by atoms with Crippen molar-refractivity contribution in [1.82, 2.24) is 0 Å². The Morgan fingerprint density at radius 2 is 2.00 bits per heavy atom. The quantitative estimate of drug-likeness (QED) is 0.817. The Morgan fingerprint density at radius 3 is 2.64 bits per heavy atom. The van der Waals surface area contributed by atoms with E-state index in [9.17, 15) is 4.79 Å². The number of hydrogen-bond donors (Lipinski definition) is 2. The van der Waals surface area contributed by atoms with Crippen LogP contribution in [-0.4, -0.2) is 32.2 Å². The van der Waals surface area contributed by atoms with Crippen molar-refractivity contribution in [3.05, 3.63) is 40.8 Å². The van der Waals surface area contributed by atoms with Crippen molar-refractivity contribution in [3.8, 4) is 0 Å². The van der Waals surface area contributed by atoms with Gasteiger partial charge >= 0.3 is 0 Å². The van der Waals surface area contributed by atoms with E-state index in [0.29, 0.717) is 29.3 Å². The second-order valence-corrected chi connectivity index (χ2v) is 5.71. The summed E-state index contributed by atoms with van der Waals surface area (Å²) in [6.07, 6.45) is 0. The highest BCUT2D eigenvalue weighted by molar-refractivity contribution is 9.10. The molecule has 1 aromatic carbocycles. The molecule has 1 fully saturated rings. The summed E-state index contributed by atoms with van der Waals surface area (Å²) in [7, 11) is 0. The lowest BCUT2D eigenvalue weighted by molar-refractivity contribution is 0.0995. The van der Waals surface area contributed by atoms with E-state index < -0.39 is 0 Å². The fraction of sp³-hybridized carbons (Fsp3) is 0.267. The standard InChI is InChI=1S/C15H16BrN3O3/c16-14-4-3-13(22-14)15(20)18-10-1-2-12(11(17)9-10)19-5-7-21-8-6-19/h1-4,9H,5-8,17H2,(H,18,20). The van der Waals surface area contributed by atoms with Crippen molar-refractivity contribution in [2.75, 3.05) is 42.3 Å². The van der Waals surface area contributed by atoms with Crippen LogP contribution in [0.2, 0.25) is 0 Å². The van der Waals surface area contributed by atoms with Crippen LogP contribution in [0.5, 0.6) is 0 Å². The molecule has 2 heterocycles. The van der Waals surface area contributed by atoms with Gasteiger partial charge in [0.05, 0.1) is 24.6 Å². The minimum absolute atomic E-state index is 0.239. The van der Waals surface area contributed by atoms with Gasteiger partial charge in [0.2, 0.25) is 0 Å². The molecule has 7 heteroatoms. The van der Waals surface area contributed by atoms with E-state index in [4.69, 9.17) is 14.9 Å². The number of morpholine rings is 1. The largest absolute Gasteiger partial charge is 0.444 e. The highest BCUT2D eigenvalue weighted by Gasteiger charge is 2.15. The molecule has 3 rings (SSSR count). The van der Waals surface area contributed by atoms with Crippen molar-refractivity contribution in [1.29, 1.82) is 0 Å². The second kappa shape index (κ2) is 6.41. The predicted molar refractivity (Wildman–Crippen MR) is 88.2 cm³/mol. The maximum Gasteiger partial charge on any atom is 0.291 e. The average Bonchev–Trinajstić information content (AvgIpc) is 2.95. The van der Waals surface area contributed by atoms with Crippen molar-refractivity contribution < 1.29 is 13.9 Å². The molecule has 1 saturated heterocycles. The first kappa shape index (κ1) is 14.9. The van der Waals surface area contributed by atoms with E-state index in [2.05, 4.69) is 26.1 Å². The molecule has 3 N–H and O–H groups in total. The number of hydrogen-bond acceptors (Lipinski definition) is 5. The predicted octanol–water partition coefficient (Wildman–Crippen LogP) is 2.71. The Kier molecular flexibility index (Phi) is 4.35. The number of carbonyl (C=O) groups is 1. The Labute approximate surface area is 136 Å². The Bertz CT molecular complexity index is 680. The van der Waals surface area contributed by atoms with Gasteiger partial charge in [-0.25, -0.2) is 0 Å². The van der Waals surface area contributed by atoms with Gasteiger partial charge in [0.25, 0.3) is 5.91 Å². The number of ether oxygens (including phenoxy) is 1. The fourth-order valence-electron chi connectivity index (χ4n) is 2.35. The first-order chi connectivity index (χ1) is 10.6. The molecule has 0 bridgehead atoms. The zero-order valence-corrected chi connectivity index (χ0v) is 13.4. The number of nitrogens with two attached hydrogens (primary N) is 1. The molecular weight excluding hydrogens is 350 g/mol. The molecule has 0 aliphatic carbocycles. The Balaban J connectivity index is 1.72. The second-order valence-electron chi connectivity index (χ2n) is 4.93. The highest BCUT2D eigenvalue weighted by atomic mass is 79.9. The monoisotopic (exact) mass is 365 g/mol. The number of amides is 1. The number of nitrogens with zero attached hydrogens (tertiary/aromatic N) is 1. The first-order valence-electron chi connectivity index (χ1n) is 6.92. The number of carbonyl (C=O) groups excluding carboxylic acids is 1. The average molecular weight is 366 g/mol. The molecule has 2 aromatic rings. The molecular formula is C15H16BrN3O3. The maximum atomic E-state index is 12.0. The van der Waals surface area contributed by atoms with E-state index in [-0.39, 0.29) is 11.7 Å². The third-order valence-corrected chi connectivity index (χ3v) is 3.86. The molecule has 6 nitrogen and oxygen atoms in total. The summed E-state index contributed by atoms with van der Waals surface area (Å²) >= 11 is 3.17. The van der Waals surface area contributed by atoms with E-state index in [0.717, 1.165) is 18.8 Å². The van der Waals surface area contributed by atoms with E-state index in [1.165, 1.54) is 0 Å². The molecule has 1 aliphatic rings. The van der Waals surface area contributed by atoms with Crippen molar-refractivity contribution in [2.24, 2.45) is 0 Å². The van der Waals surface area contributed by atoms with Crippen molar-refractivity contribution in [3.63, 3.8) is 0 Å². The zero-order valence-electron chi connectivity index (χ0n) is 11.8. The number of anilines is 3. The van der Waals surface area contributed by atoms with Crippen LogP contribution in [-0.2, 0) is 4.74 Å².